The molecule has 0 bridgehead atoms. The van der Waals surface area contributed by atoms with E-state index in [1.165, 1.54) is 0 Å². The van der Waals surface area contributed by atoms with E-state index >= 15 is 0 Å². The maximum atomic E-state index is 11.8. The first-order valence-corrected chi connectivity index (χ1v) is 7.15. The Bertz CT molecular complexity index is 244. The predicted molar refractivity (Wildman–Crippen MR) is 71.3 cm³/mol. The summed E-state index contributed by atoms with van der Waals surface area (Å²) in [6, 6.07) is 0. The number of thioether (sulfide) groups is 1. The van der Waals surface area contributed by atoms with Gasteiger partial charge in [-0.2, -0.15) is 0 Å². The van der Waals surface area contributed by atoms with E-state index in [0.717, 1.165) is 12.2 Å². The first kappa shape index (κ1) is 16.3. The third kappa shape index (κ3) is 8.07. The highest BCUT2D eigenvalue weighted by atomic mass is 32.2. The van der Waals surface area contributed by atoms with Crippen molar-refractivity contribution in [3.63, 3.8) is 0 Å². The highest BCUT2D eigenvalue weighted by Gasteiger charge is 2.21. The average Bonchev–Trinajstić information content (AvgIpc) is 2.24. The van der Waals surface area contributed by atoms with Gasteiger partial charge in [-0.1, -0.05) is 20.8 Å². The maximum Gasteiger partial charge on any atom is 0.303 e. The number of carboxylic acids is 1. The van der Waals surface area contributed by atoms with Gasteiger partial charge >= 0.3 is 5.97 Å². The fourth-order valence-electron chi connectivity index (χ4n) is 1.46. The molecule has 0 aliphatic rings. The van der Waals surface area contributed by atoms with Crippen molar-refractivity contribution in [1.82, 2.24) is 5.32 Å². The van der Waals surface area contributed by atoms with Gasteiger partial charge in [-0.25, -0.2) is 0 Å². The Balaban J connectivity index is 3.78. The largest absolute Gasteiger partial charge is 0.481 e. The SMILES string of the molecule is CCSC(C(=O)NCCCCC(=O)O)C(C)C. The molecule has 0 aromatic carbocycles. The quantitative estimate of drug-likeness (QED) is 0.624. The van der Waals surface area contributed by atoms with Gasteiger partial charge in [0.25, 0.3) is 0 Å². The van der Waals surface area contributed by atoms with Gasteiger partial charge in [0, 0.05) is 13.0 Å². The van der Waals surface area contributed by atoms with Crippen molar-refractivity contribution in [3.05, 3.63) is 0 Å². The highest BCUT2D eigenvalue weighted by molar-refractivity contribution is 8.00. The van der Waals surface area contributed by atoms with E-state index in [9.17, 15) is 9.59 Å². The van der Waals surface area contributed by atoms with Gasteiger partial charge in [-0.05, 0) is 24.5 Å². The third-order valence-electron chi connectivity index (χ3n) is 2.33. The van der Waals surface area contributed by atoms with Crippen molar-refractivity contribution in [2.75, 3.05) is 12.3 Å². The van der Waals surface area contributed by atoms with E-state index < -0.39 is 5.97 Å². The fourth-order valence-corrected chi connectivity index (χ4v) is 2.44. The molecular formula is C12H23NO3S. The molecule has 2 N–H and O–H groups in total. The smallest absolute Gasteiger partial charge is 0.303 e. The summed E-state index contributed by atoms with van der Waals surface area (Å²) in [5, 5.41) is 11.3. The second-order valence-corrected chi connectivity index (χ2v) is 5.68. The third-order valence-corrected chi connectivity index (χ3v) is 3.78. The number of carbonyl (C=O) groups is 2. The van der Waals surface area contributed by atoms with Crippen LogP contribution in [-0.2, 0) is 9.59 Å². The lowest BCUT2D eigenvalue weighted by atomic mass is 10.1. The summed E-state index contributed by atoms with van der Waals surface area (Å²) in [6.45, 7) is 6.69. The molecule has 0 radical (unpaired) electrons. The molecule has 0 heterocycles. The molecule has 0 fully saturated rings. The number of aliphatic carboxylic acids is 1. The van der Waals surface area contributed by atoms with Crippen LogP contribution in [0.2, 0.25) is 0 Å². The lowest BCUT2D eigenvalue weighted by molar-refractivity contribution is -0.137. The number of nitrogens with one attached hydrogen (secondary N) is 1. The van der Waals surface area contributed by atoms with E-state index in [0.29, 0.717) is 18.9 Å². The minimum absolute atomic E-state index is 0.000487. The van der Waals surface area contributed by atoms with Crippen LogP contribution in [0, 0.1) is 5.92 Å². The fraction of sp³-hybridized carbons (Fsp3) is 0.833. The van der Waals surface area contributed by atoms with Gasteiger partial charge in [-0.3, -0.25) is 9.59 Å². The second kappa shape index (κ2) is 9.33. The van der Waals surface area contributed by atoms with Crippen molar-refractivity contribution in [3.8, 4) is 0 Å². The van der Waals surface area contributed by atoms with Crippen molar-refractivity contribution < 1.29 is 14.7 Å². The summed E-state index contributed by atoms with van der Waals surface area (Å²) in [5.41, 5.74) is 0. The molecule has 0 saturated heterocycles. The second-order valence-electron chi connectivity index (χ2n) is 4.26. The van der Waals surface area contributed by atoms with Crippen LogP contribution in [0.25, 0.3) is 0 Å². The van der Waals surface area contributed by atoms with Gasteiger partial charge in [0.15, 0.2) is 0 Å². The Morgan fingerprint density at radius 2 is 1.94 bits per heavy atom. The van der Waals surface area contributed by atoms with Crippen molar-refractivity contribution in [2.24, 2.45) is 5.92 Å². The molecule has 0 saturated carbocycles. The number of carboxylic acid groups (broad SMARTS) is 1. The van der Waals surface area contributed by atoms with Gasteiger partial charge in [-0.15, -0.1) is 11.8 Å². The van der Waals surface area contributed by atoms with Gasteiger partial charge in [0.2, 0.25) is 5.91 Å². The number of unbranched alkanes of at least 4 members (excludes halogenated alkanes) is 1. The zero-order valence-electron chi connectivity index (χ0n) is 10.9. The number of hydrogen-bond donors (Lipinski definition) is 2. The molecule has 0 aromatic heterocycles. The monoisotopic (exact) mass is 261 g/mol. The molecule has 5 heteroatoms. The standard InChI is InChI=1S/C12H23NO3S/c1-4-17-11(9(2)3)12(16)13-8-6-5-7-10(14)15/h9,11H,4-8H2,1-3H3,(H,13,16)(H,14,15). The lowest BCUT2D eigenvalue weighted by Gasteiger charge is -2.19. The normalized spacial score (nSPS) is 12.5. The van der Waals surface area contributed by atoms with Gasteiger partial charge in [0.1, 0.15) is 0 Å². The van der Waals surface area contributed by atoms with Crippen molar-refractivity contribution in [1.29, 1.82) is 0 Å². The molecule has 1 unspecified atom stereocenters. The summed E-state index contributed by atoms with van der Waals surface area (Å²) < 4.78 is 0. The summed E-state index contributed by atoms with van der Waals surface area (Å²) in [5.74, 6) is 0.536. The Kier molecular flexibility index (Phi) is 8.94. The van der Waals surface area contributed by atoms with E-state index in [4.69, 9.17) is 5.11 Å². The topological polar surface area (TPSA) is 66.4 Å². The van der Waals surface area contributed by atoms with Crippen molar-refractivity contribution >= 4 is 23.6 Å². The van der Waals surface area contributed by atoms with Crippen LogP contribution in [0.5, 0.6) is 0 Å². The van der Waals surface area contributed by atoms with Gasteiger partial charge < -0.3 is 10.4 Å². The molecule has 17 heavy (non-hydrogen) atoms. The van der Waals surface area contributed by atoms with E-state index in [1.54, 1.807) is 11.8 Å². The zero-order valence-corrected chi connectivity index (χ0v) is 11.7. The van der Waals surface area contributed by atoms with E-state index in [2.05, 4.69) is 5.32 Å². The molecule has 1 atom stereocenters. The molecule has 4 nitrogen and oxygen atoms in total. The van der Waals surface area contributed by atoms with Crippen LogP contribution in [0.15, 0.2) is 0 Å². The molecule has 0 aliphatic carbocycles. The Labute approximate surface area is 108 Å². The summed E-state index contributed by atoms with van der Waals surface area (Å²) in [6.07, 6.45) is 1.51. The average molecular weight is 261 g/mol. The van der Waals surface area contributed by atoms with Crippen LogP contribution >= 0.6 is 11.8 Å². The molecule has 100 valence electrons. The molecule has 0 aromatic rings. The maximum absolute atomic E-state index is 11.8. The number of hydrogen-bond acceptors (Lipinski definition) is 3. The molecule has 0 rings (SSSR count). The highest BCUT2D eigenvalue weighted by Crippen LogP contribution is 2.19. The van der Waals surface area contributed by atoms with E-state index in [-0.39, 0.29) is 17.6 Å². The minimum Gasteiger partial charge on any atom is -0.481 e. The van der Waals surface area contributed by atoms with Crippen LogP contribution < -0.4 is 5.32 Å². The molecule has 0 spiro atoms. The van der Waals surface area contributed by atoms with Crippen LogP contribution in [-0.4, -0.2) is 34.5 Å². The van der Waals surface area contributed by atoms with Crippen LogP contribution in [0.4, 0.5) is 0 Å². The summed E-state index contributed by atoms with van der Waals surface area (Å²) in [7, 11) is 0. The van der Waals surface area contributed by atoms with Gasteiger partial charge in [0.05, 0.1) is 5.25 Å². The first-order valence-electron chi connectivity index (χ1n) is 6.10. The Morgan fingerprint density at radius 1 is 1.29 bits per heavy atom. The zero-order chi connectivity index (χ0) is 13.3. The summed E-state index contributed by atoms with van der Waals surface area (Å²) >= 11 is 1.66. The van der Waals surface area contributed by atoms with E-state index in [1.807, 2.05) is 20.8 Å². The van der Waals surface area contributed by atoms with Crippen LogP contribution in [0.1, 0.15) is 40.0 Å². The van der Waals surface area contributed by atoms with Crippen molar-refractivity contribution in [2.45, 2.75) is 45.3 Å². The molecular weight excluding hydrogens is 238 g/mol. The first-order chi connectivity index (χ1) is 7.99. The minimum atomic E-state index is -0.780. The predicted octanol–water partition coefficient (Wildman–Crippen LogP) is 2.14. The van der Waals surface area contributed by atoms with Crippen LogP contribution in [0.3, 0.4) is 0 Å². The molecule has 0 aliphatic heterocycles. The molecule has 1 amide bonds. The Morgan fingerprint density at radius 3 is 2.41 bits per heavy atom. The lowest BCUT2D eigenvalue weighted by Crippen LogP contribution is -2.36. The Hall–Kier alpha value is -0.710. The number of rotatable bonds is 9. The summed E-state index contributed by atoms with van der Waals surface area (Å²) in [4.78, 5) is 22.1. The number of carbonyl (C=O) groups excluding carboxylic acids is 1. The number of amides is 1.